The van der Waals surface area contributed by atoms with Gasteiger partial charge in [-0.1, -0.05) is 36.8 Å². The van der Waals surface area contributed by atoms with Crippen LogP contribution in [0.3, 0.4) is 0 Å². The Kier molecular flexibility index (Phi) is 3.24. The Morgan fingerprint density at radius 1 is 1.20 bits per heavy atom. The van der Waals surface area contributed by atoms with Gasteiger partial charge < -0.3 is 10.0 Å². The Bertz CT molecular complexity index is 522. The summed E-state index contributed by atoms with van der Waals surface area (Å²) in [5.74, 6) is -0.780. The number of rotatable bonds is 3. The molecule has 0 spiro atoms. The first-order chi connectivity index (χ1) is 9.63. The summed E-state index contributed by atoms with van der Waals surface area (Å²) in [6, 6.07) is 10.1. The third-order valence-electron chi connectivity index (χ3n) is 4.77. The smallest absolute Gasteiger partial charge is 0.319 e. The highest BCUT2D eigenvalue weighted by molar-refractivity contribution is 6.03. The summed E-state index contributed by atoms with van der Waals surface area (Å²) in [6.07, 6.45) is 2.75. The topological polar surface area (TPSA) is 57.6 Å². The van der Waals surface area contributed by atoms with Crippen LogP contribution in [0.4, 0.5) is 0 Å². The van der Waals surface area contributed by atoms with Crippen LogP contribution >= 0.6 is 0 Å². The molecule has 4 nitrogen and oxygen atoms in total. The minimum absolute atomic E-state index is 0.172. The molecule has 1 aliphatic heterocycles. The molecule has 1 aromatic carbocycles. The monoisotopic (exact) mass is 273 g/mol. The average Bonchev–Trinajstić information content (AvgIpc) is 2.87. The first kappa shape index (κ1) is 13.2. The lowest BCUT2D eigenvalue weighted by atomic mass is 9.68. The van der Waals surface area contributed by atoms with Crippen molar-refractivity contribution >= 4 is 11.9 Å². The molecule has 2 aliphatic rings. The first-order valence-electron chi connectivity index (χ1n) is 7.21. The van der Waals surface area contributed by atoms with E-state index in [0.717, 1.165) is 12.8 Å². The maximum absolute atomic E-state index is 12.5. The van der Waals surface area contributed by atoms with Crippen LogP contribution in [0.5, 0.6) is 0 Å². The highest BCUT2D eigenvalue weighted by Gasteiger charge is 2.53. The van der Waals surface area contributed by atoms with E-state index in [0.29, 0.717) is 31.8 Å². The number of amides is 1. The Morgan fingerprint density at radius 2 is 1.90 bits per heavy atom. The number of aliphatic carboxylic acids is 1. The van der Waals surface area contributed by atoms with Crippen LogP contribution in [0, 0.1) is 5.41 Å². The second-order valence-corrected chi connectivity index (χ2v) is 5.89. The van der Waals surface area contributed by atoms with Crippen molar-refractivity contribution in [2.75, 3.05) is 13.1 Å². The van der Waals surface area contributed by atoms with E-state index in [4.69, 9.17) is 0 Å². The van der Waals surface area contributed by atoms with Gasteiger partial charge in [-0.05, 0) is 24.8 Å². The number of carboxylic acids is 1. The van der Waals surface area contributed by atoms with Gasteiger partial charge >= 0.3 is 5.97 Å². The van der Waals surface area contributed by atoms with Crippen molar-refractivity contribution in [1.29, 1.82) is 0 Å². The highest BCUT2D eigenvalue weighted by Crippen LogP contribution is 2.44. The summed E-state index contributed by atoms with van der Waals surface area (Å²) < 4.78 is 0. The minimum atomic E-state index is -1.12. The van der Waals surface area contributed by atoms with E-state index in [2.05, 4.69) is 12.1 Å². The molecular weight excluding hydrogens is 254 g/mol. The summed E-state index contributed by atoms with van der Waals surface area (Å²) in [5, 5.41) is 9.35. The van der Waals surface area contributed by atoms with E-state index >= 15 is 0 Å². The predicted molar refractivity (Wildman–Crippen MR) is 74.3 cm³/mol. The van der Waals surface area contributed by atoms with Crippen LogP contribution in [-0.2, 0) is 9.59 Å². The number of hydrogen-bond acceptors (Lipinski definition) is 2. The summed E-state index contributed by atoms with van der Waals surface area (Å²) in [5.41, 5.74) is 0.117. The van der Waals surface area contributed by atoms with Gasteiger partial charge in [-0.15, -0.1) is 0 Å². The molecule has 0 aromatic heterocycles. The van der Waals surface area contributed by atoms with Gasteiger partial charge in [-0.25, -0.2) is 0 Å². The quantitative estimate of drug-likeness (QED) is 0.859. The van der Waals surface area contributed by atoms with Crippen molar-refractivity contribution in [3.8, 4) is 0 Å². The summed E-state index contributed by atoms with van der Waals surface area (Å²) >= 11 is 0. The van der Waals surface area contributed by atoms with Crippen LogP contribution < -0.4 is 0 Å². The number of carbonyl (C=O) groups excluding carboxylic acids is 1. The van der Waals surface area contributed by atoms with Gasteiger partial charge in [0.15, 0.2) is 0 Å². The zero-order valence-electron chi connectivity index (χ0n) is 11.4. The van der Waals surface area contributed by atoms with Crippen LogP contribution in [0.1, 0.15) is 37.2 Å². The first-order valence-corrected chi connectivity index (χ1v) is 7.21. The molecule has 0 radical (unpaired) electrons. The van der Waals surface area contributed by atoms with Gasteiger partial charge in [0, 0.05) is 19.0 Å². The summed E-state index contributed by atoms with van der Waals surface area (Å²) in [4.78, 5) is 25.7. The van der Waals surface area contributed by atoms with Gasteiger partial charge in [-0.3, -0.25) is 9.59 Å². The van der Waals surface area contributed by atoms with Crippen LogP contribution in [-0.4, -0.2) is 35.0 Å². The SMILES string of the molecule is O=C(O)C1(C(=O)N2CCC(c3ccccc3)C2)CCC1. The number of carbonyl (C=O) groups is 2. The summed E-state index contributed by atoms with van der Waals surface area (Å²) in [7, 11) is 0. The van der Waals surface area contributed by atoms with E-state index in [-0.39, 0.29) is 5.91 Å². The molecular formula is C16H19NO3. The van der Waals surface area contributed by atoms with Gasteiger partial charge in [-0.2, -0.15) is 0 Å². The molecule has 1 N–H and O–H groups in total. The van der Waals surface area contributed by atoms with Crippen molar-refractivity contribution < 1.29 is 14.7 Å². The zero-order chi connectivity index (χ0) is 14.2. The number of likely N-dealkylation sites (tertiary alicyclic amines) is 1. The molecule has 1 aliphatic carbocycles. The molecule has 1 amide bonds. The Balaban J connectivity index is 1.71. The Labute approximate surface area is 118 Å². The Morgan fingerprint density at radius 3 is 2.45 bits per heavy atom. The standard InChI is InChI=1S/C16H19NO3/c18-14(16(15(19)20)8-4-9-16)17-10-7-13(11-17)12-5-2-1-3-6-12/h1-3,5-6,13H,4,7-11H2,(H,19,20). The third-order valence-corrected chi connectivity index (χ3v) is 4.77. The van der Waals surface area contributed by atoms with E-state index in [9.17, 15) is 14.7 Å². The molecule has 4 heteroatoms. The molecule has 2 fully saturated rings. The summed E-state index contributed by atoms with van der Waals surface area (Å²) in [6.45, 7) is 1.32. The normalized spacial score (nSPS) is 24.2. The zero-order valence-corrected chi connectivity index (χ0v) is 11.4. The second-order valence-electron chi connectivity index (χ2n) is 5.89. The van der Waals surface area contributed by atoms with E-state index in [1.54, 1.807) is 4.90 Å². The van der Waals surface area contributed by atoms with Crippen molar-refractivity contribution in [2.24, 2.45) is 5.41 Å². The van der Waals surface area contributed by atoms with Crippen LogP contribution in [0.15, 0.2) is 30.3 Å². The van der Waals surface area contributed by atoms with Crippen molar-refractivity contribution in [2.45, 2.75) is 31.6 Å². The number of nitrogens with zero attached hydrogens (tertiary/aromatic N) is 1. The molecule has 1 atom stereocenters. The number of hydrogen-bond donors (Lipinski definition) is 1. The second kappa shape index (κ2) is 4.93. The molecule has 20 heavy (non-hydrogen) atoms. The molecule has 1 saturated carbocycles. The molecule has 1 unspecified atom stereocenters. The predicted octanol–water partition coefficient (Wildman–Crippen LogP) is 2.26. The number of carboxylic acid groups (broad SMARTS) is 1. The fourth-order valence-electron chi connectivity index (χ4n) is 3.29. The molecule has 0 bridgehead atoms. The lowest BCUT2D eigenvalue weighted by molar-refractivity contribution is -0.166. The number of benzene rings is 1. The lowest BCUT2D eigenvalue weighted by Crippen LogP contribution is -2.52. The molecule has 3 rings (SSSR count). The molecule has 106 valence electrons. The van der Waals surface area contributed by atoms with Gasteiger partial charge in [0.2, 0.25) is 5.91 Å². The van der Waals surface area contributed by atoms with E-state index in [1.165, 1.54) is 5.56 Å². The maximum atomic E-state index is 12.5. The van der Waals surface area contributed by atoms with Gasteiger partial charge in [0.25, 0.3) is 0 Å². The minimum Gasteiger partial charge on any atom is -0.480 e. The molecule has 1 saturated heterocycles. The molecule has 1 aromatic rings. The van der Waals surface area contributed by atoms with Crippen molar-refractivity contribution in [3.05, 3.63) is 35.9 Å². The molecule has 1 heterocycles. The van der Waals surface area contributed by atoms with E-state index < -0.39 is 11.4 Å². The Hall–Kier alpha value is -1.84. The fourth-order valence-corrected chi connectivity index (χ4v) is 3.29. The van der Waals surface area contributed by atoms with Gasteiger partial charge in [0.1, 0.15) is 5.41 Å². The lowest BCUT2D eigenvalue weighted by Gasteiger charge is -2.38. The van der Waals surface area contributed by atoms with E-state index in [1.807, 2.05) is 18.2 Å². The van der Waals surface area contributed by atoms with Crippen LogP contribution in [0.2, 0.25) is 0 Å². The van der Waals surface area contributed by atoms with Crippen LogP contribution in [0.25, 0.3) is 0 Å². The highest BCUT2D eigenvalue weighted by atomic mass is 16.4. The maximum Gasteiger partial charge on any atom is 0.319 e. The average molecular weight is 273 g/mol. The largest absolute Gasteiger partial charge is 0.480 e. The van der Waals surface area contributed by atoms with Gasteiger partial charge in [0.05, 0.1) is 0 Å². The fraction of sp³-hybridized carbons (Fsp3) is 0.500. The third kappa shape index (κ3) is 1.99. The van der Waals surface area contributed by atoms with Crippen molar-refractivity contribution in [3.63, 3.8) is 0 Å². The van der Waals surface area contributed by atoms with Crippen molar-refractivity contribution in [1.82, 2.24) is 4.90 Å².